The van der Waals surface area contributed by atoms with Crippen LogP contribution in [0.2, 0.25) is 0 Å². The predicted octanol–water partition coefficient (Wildman–Crippen LogP) is 3.54. The summed E-state index contributed by atoms with van der Waals surface area (Å²) in [6, 6.07) is 0.00897. The number of nitrogens with zero attached hydrogens (tertiary/aromatic N) is 2. The van der Waals surface area contributed by atoms with Crippen LogP contribution in [-0.2, 0) is 14.3 Å². The summed E-state index contributed by atoms with van der Waals surface area (Å²) in [7, 11) is 0. The van der Waals surface area contributed by atoms with Gasteiger partial charge in [0.15, 0.2) is 0 Å². The molecule has 0 spiro atoms. The molecule has 10 heteroatoms. The van der Waals surface area contributed by atoms with E-state index in [9.17, 15) is 29.9 Å². The summed E-state index contributed by atoms with van der Waals surface area (Å²) in [5.74, 6) is 0.901. The highest BCUT2D eigenvalue weighted by Crippen LogP contribution is 2.65. The Kier molecular flexibility index (Phi) is 6.39. The van der Waals surface area contributed by atoms with Crippen molar-refractivity contribution in [1.29, 1.82) is 5.26 Å². The molecule has 246 valence electrons. The van der Waals surface area contributed by atoms with E-state index in [-0.39, 0.29) is 23.8 Å². The molecule has 0 aromatic heterocycles. The number of aliphatic hydroxyl groups is 2. The van der Waals surface area contributed by atoms with Gasteiger partial charge >= 0.3 is 6.09 Å². The molecule has 4 N–H and O–H groups in total. The second kappa shape index (κ2) is 9.59. The van der Waals surface area contributed by atoms with E-state index in [0.717, 1.165) is 70.6 Å². The molecule has 10 aliphatic rings. The Hall–Kier alpha value is -2.38. The van der Waals surface area contributed by atoms with Crippen LogP contribution in [0.15, 0.2) is 0 Å². The van der Waals surface area contributed by atoms with Crippen molar-refractivity contribution in [3.8, 4) is 6.07 Å². The SMILES string of the molecule is CC(C)(C)OC(=O)N[C@H](C(=O)N[C@H](C(=O)N1[C@H](C#N)C[C@@H]2C[C@@H]21)C12CC3CC(CC(O)(C3)C1)C2)C12CC3CC(CC(O)(C3)C1)C2. The summed E-state index contributed by atoms with van der Waals surface area (Å²) in [5, 5.41) is 39.5. The van der Waals surface area contributed by atoms with Crippen LogP contribution in [0.1, 0.15) is 111 Å². The van der Waals surface area contributed by atoms with Gasteiger partial charge in [-0.1, -0.05) is 0 Å². The zero-order valence-corrected chi connectivity index (χ0v) is 27.0. The highest BCUT2D eigenvalue weighted by Gasteiger charge is 2.66. The molecule has 4 unspecified atom stereocenters. The Labute approximate surface area is 266 Å². The molecule has 0 aromatic rings. The number of rotatable bonds is 6. The fourth-order valence-corrected chi connectivity index (χ4v) is 12.9. The van der Waals surface area contributed by atoms with Gasteiger partial charge in [0.25, 0.3) is 0 Å². The van der Waals surface area contributed by atoms with Crippen LogP contribution >= 0.6 is 0 Å². The third-order valence-corrected chi connectivity index (χ3v) is 13.3. The number of amides is 3. The van der Waals surface area contributed by atoms with Gasteiger partial charge in [-0.2, -0.15) is 5.26 Å². The minimum atomic E-state index is -0.976. The van der Waals surface area contributed by atoms with Crippen molar-refractivity contribution in [3.05, 3.63) is 0 Å². The van der Waals surface area contributed by atoms with E-state index in [1.807, 2.05) is 0 Å². The molecule has 9 saturated carbocycles. The first-order valence-electron chi connectivity index (χ1n) is 17.6. The van der Waals surface area contributed by atoms with Crippen molar-refractivity contribution < 1.29 is 29.3 Å². The van der Waals surface area contributed by atoms with Gasteiger partial charge in [-0.3, -0.25) is 9.59 Å². The molecule has 0 aromatic carbocycles. The van der Waals surface area contributed by atoms with Gasteiger partial charge in [0.05, 0.1) is 17.3 Å². The lowest BCUT2D eigenvalue weighted by Gasteiger charge is -2.63. The van der Waals surface area contributed by atoms with E-state index < -0.39 is 57.8 Å². The number of piperidine rings is 1. The molecular formula is C35H50N4O6. The molecule has 10 nitrogen and oxygen atoms in total. The summed E-state index contributed by atoms with van der Waals surface area (Å²) < 4.78 is 5.67. The second-order valence-corrected chi connectivity index (χ2v) is 18.3. The fraction of sp³-hybridized carbons (Fsp3) is 0.886. The number of likely N-dealkylation sites (tertiary alicyclic amines) is 1. The molecule has 0 radical (unpaired) electrons. The minimum Gasteiger partial charge on any atom is -0.444 e. The van der Waals surface area contributed by atoms with Gasteiger partial charge < -0.3 is 30.5 Å². The van der Waals surface area contributed by atoms with Gasteiger partial charge in [0.1, 0.15) is 23.7 Å². The Morgan fingerprint density at radius 3 is 1.78 bits per heavy atom. The minimum absolute atomic E-state index is 0.0339. The average Bonchev–Trinajstić information content (AvgIpc) is 3.55. The molecule has 1 aliphatic heterocycles. The lowest BCUT2D eigenvalue weighted by Crippen LogP contribution is -2.70. The Morgan fingerprint density at radius 2 is 1.31 bits per heavy atom. The highest BCUT2D eigenvalue weighted by atomic mass is 16.6. The van der Waals surface area contributed by atoms with Crippen molar-refractivity contribution in [2.75, 3.05) is 0 Å². The van der Waals surface area contributed by atoms with E-state index in [0.29, 0.717) is 37.0 Å². The summed E-state index contributed by atoms with van der Waals surface area (Å²) in [4.78, 5) is 44.7. The first-order valence-corrected chi connectivity index (χ1v) is 17.6. The lowest BCUT2D eigenvalue weighted by atomic mass is 9.45. The standard InChI is InChI=1S/C35H50N4O6/c1-31(2,3)45-30(42)38-26(32-8-19-4-20(9-32)13-34(43,12-19)17-32)28(40)37-27(29(41)39-24(16-36)6-23-7-25(23)39)33-10-21-5-22(11-33)15-35(44,14-21)18-33/h19-27,43-44H,4-15,17-18H2,1-3H3,(H,37,40)(H,38,42)/t19?,20?,21?,22?,23-,24+,25+,26-,27-,32?,33?,34?,35?/m1/s1. The zero-order chi connectivity index (χ0) is 31.7. The van der Waals surface area contributed by atoms with Crippen molar-refractivity contribution in [3.63, 3.8) is 0 Å². The quantitative estimate of drug-likeness (QED) is 0.354. The van der Waals surface area contributed by atoms with E-state index in [1.54, 1.807) is 25.7 Å². The maximum atomic E-state index is 14.8. The van der Waals surface area contributed by atoms with Crippen LogP contribution in [-0.4, -0.2) is 74.0 Å². The number of fused-ring (bicyclic) bond motifs is 1. The van der Waals surface area contributed by atoms with Gasteiger partial charge in [0, 0.05) is 16.9 Å². The van der Waals surface area contributed by atoms with Gasteiger partial charge in [-0.15, -0.1) is 0 Å². The van der Waals surface area contributed by atoms with Crippen molar-refractivity contribution in [2.45, 2.75) is 152 Å². The number of alkyl carbamates (subject to hydrolysis) is 1. The summed E-state index contributed by atoms with van der Waals surface area (Å²) in [6.45, 7) is 5.36. The Balaban J connectivity index is 1.15. The highest BCUT2D eigenvalue weighted by molar-refractivity contribution is 5.93. The molecule has 1 heterocycles. The van der Waals surface area contributed by atoms with E-state index >= 15 is 0 Å². The van der Waals surface area contributed by atoms with Crippen LogP contribution in [0.5, 0.6) is 0 Å². The summed E-state index contributed by atoms with van der Waals surface area (Å²) in [5.41, 5.74) is -3.70. The lowest BCUT2D eigenvalue weighted by molar-refractivity contribution is -0.186. The van der Waals surface area contributed by atoms with Crippen LogP contribution in [0.3, 0.4) is 0 Å². The van der Waals surface area contributed by atoms with Crippen molar-refractivity contribution >= 4 is 17.9 Å². The normalized spacial score (nSPS) is 47.9. The topological polar surface area (TPSA) is 152 Å². The molecule has 1 saturated heterocycles. The predicted molar refractivity (Wildman–Crippen MR) is 162 cm³/mol. The van der Waals surface area contributed by atoms with Crippen LogP contribution in [0.4, 0.5) is 4.79 Å². The maximum Gasteiger partial charge on any atom is 0.408 e. The maximum absolute atomic E-state index is 14.8. The van der Waals surface area contributed by atoms with Crippen LogP contribution < -0.4 is 10.6 Å². The third kappa shape index (κ3) is 4.97. The summed E-state index contributed by atoms with van der Waals surface area (Å²) in [6.07, 6.45) is 9.78. The second-order valence-electron chi connectivity index (χ2n) is 18.3. The smallest absolute Gasteiger partial charge is 0.408 e. The Morgan fingerprint density at radius 1 is 0.800 bits per heavy atom. The number of carbonyl (C=O) groups excluding carboxylic acids is 3. The first-order chi connectivity index (χ1) is 21.1. The van der Waals surface area contributed by atoms with Gasteiger partial charge in [0.2, 0.25) is 11.8 Å². The van der Waals surface area contributed by atoms with Gasteiger partial charge in [-0.25, -0.2) is 4.79 Å². The van der Waals surface area contributed by atoms with Gasteiger partial charge in [-0.05, 0) is 140 Å². The third-order valence-electron chi connectivity index (χ3n) is 13.3. The number of hydrogen-bond donors (Lipinski definition) is 4. The number of nitrogens with one attached hydrogen (secondary N) is 2. The fourth-order valence-electron chi connectivity index (χ4n) is 12.9. The van der Waals surface area contributed by atoms with Crippen molar-refractivity contribution in [1.82, 2.24) is 15.5 Å². The number of ether oxygens (including phenoxy) is 1. The molecule has 3 amide bonds. The monoisotopic (exact) mass is 622 g/mol. The number of nitriles is 1. The van der Waals surface area contributed by atoms with Crippen molar-refractivity contribution in [2.24, 2.45) is 40.4 Å². The molecule has 9 aliphatic carbocycles. The first kappa shape index (κ1) is 30.0. The number of hydrogen-bond acceptors (Lipinski definition) is 7. The molecule has 8 bridgehead atoms. The molecule has 9 atom stereocenters. The number of carbonyl (C=O) groups is 3. The molecule has 45 heavy (non-hydrogen) atoms. The largest absolute Gasteiger partial charge is 0.444 e. The zero-order valence-electron chi connectivity index (χ0n) is 27.0. The molecular weight excluding hydrogens is 572 g/mol. The Bertz CT molecular complexity index is 1320. The van der Waals surface area contributed by atoms with E-state index in [2.05, 4.69) is 16.7 Å². The van der Waals surface area contributed by atoms with E-state index in [4.69, 9.17) is 4.74 Å². The molecule has 10 fully saturated rings. The summed E-state index contributed by atoms with van der Waals surface area (Å²) >= 11 is 0. The van der Waals surface area contributed by atoms with Crippen LogP contribution in [0, 0.1) is 51.8 Å². The van der Waals surface area contributed by atoms with E-state index in [1.165, 1.54) is 0 Å². The average molecular weight is 623 g/mol. The molecule has 10 rings (SSSR count). The van der Waals surface area contributed by atoms with Crippen LogP contribution in [0.25, 0.3) is 0 Å².